The third kappa shape index (κ3) is 17.0. The summed E-state index contributed by atoms with van der Waals surface area (Å²) in [5.74, 6) is -1.59. The second-order valence-electron chi connectivity index (χ2n) is 6.51. The second kappa shape index (κ2) is 19.9. The Morgan fingerprint density at radius 1 is 0.892 bits per heavy atom. The number of hydrogen-bond donors (Lipinski definition) is 4. The van der Waals surface area contributed by atoms with E-state index in [9.17, 15) is 29.8 Å². The Labute approximate surface area is 222 Å². The molecule has 0 bridgehead atoms. The van der Waals surface area contributed by atoms with Crippen LogP contribution >= 0.6 is 21.4 Å². The maximum absolute atomic E-state index is 11.0. The molecule has 2 aromatic rings. The summed E-state index contributed by atoms with van der Waals surface area (Å²) in [6, 6.07) is 9.81. The minimum atomic E-state index is -1.67. The average Bonchev–Trinajstić information content (AvgIpc) is 2.85. The van der Waals surface area contributed by atoms with Gasteiger partial charge in [-0.05, 0) is 24.0 Å². The molecule has 0 aromatic heterocycles. The van der Waals surface area contributed by atoms with Gasteiger partial charge in [0.15, 0.2) is 0 Å². The molecule has 17 heteroatoms. The number of carboxylic acid groups (broad SMARTS) is 1. The molecule has 206 valence electrons. The average molecular weight is 585 g/mol. The Hall–Kier alpha value is -3.21. The molecule has 2 atom stereocenters. The number of carbonyl (C=O) groups excluding carboxylic acids is 1. The Morgan fingerprint density at radius 3 is 1.43 bits per heavy atom. The number of halogens is 2. The summed E-state index contributed by atoms with van der Waals surface area (Å²) in [5.41, 5.74) is 12.3. The number of nitrogens with two attached hydrogens (primary N) is 2. The van der Waals surface area contributed by atoms with E-state index in [0.29, 0.717) is 12.0 Å². The molecule has 37 heavy (non-hydrogen) atoms. The molecule has 0 heterocycles. The number of non-ortho nitro benzene ring substituents is 2. The first-order valence-electron chi connectivity index (χ1n) is 9.75. The van der Waals surface area contributed by atoms with Gasteiger partial charge in [0.2, 0.25) is 9.23 Å². The Kier molecular flexibility index (Phi) is 19.4. The number of carboxylic acids is 1. The molecule has 0 aliphatic rings. The summed E-state index contributed by atoms with van der Waals surface area (Å²) in [6.45, 7) is 0. The van der Waals surface area contributed by atoms with Crippen molar-refractivity contribution in [1.82, 2.24) is 0 Å². The number of ether oxygens (including phenoxy) is 1. The number of aliphatic hydroxyl groups is 1. The monoisotopic (exact) mass is 584 g/mol. The zero-order valence-corrected chi connectivity index (χ0v) is 21.9. The summed E-state index contributed by atoms with van der Waals surface area (Å²) < 4.78 is 13.6. The zero-order valence-electron chi connectivity index (χ0n) is 19.6. The highest BCUT2D eigenvalue weighted by Gasteiger charge is 2.15. The fourth-order valence-corrected chi connectivity index (χ4v) is 2.34. The van der Waals surface area contributed by atoms with Crippen LogP contribution in [0.15, 0.2) is 48.5 Å². The van der Waals surface area contributed by atoms with Gasteiger partial charge in [-0.1, -0.05) is 24.3 Å². The molecule has 2 unspecified atom stereocenters. The summed E-state index contributed by atoms with van der Waals surface area (Å²) >= 11 is 0. The van der Waals surface area contributed by atoms with Crippen molar-refractivity contribution >= 4 is 53.9 Å². The van der Waals surface area contributed by atoms with Gasteiger partial charge in [0.05, 0.1) is 17.0 Å². The number of benzene rings is 2. The van der Waals surface area contributed by atoms with Crippen LogP contribution in [0.5, 0.6) is 0 Å². The van der Waals surface area contributed by atoms with Gasteiger partial charge in [0, 0.05) is 52.7 Å². The van der Waals surface area contributed by atoms with E-state index >= 15 is 0 Å². The number of nitro benzene ring substituents is 2. The largest absolute Gasteiger partial charge is 0.480 e. The van der Waals surface area contributed by atoms with E-state index in [1.54, 1.807) is 12.1 Å². The van der Waals surface area contributed by atoms with Crippen molar-refractivity contribution in [3.8, 4) is 0 Å². The topological polar surface area (TPSA) is 239 Å². The van der Waals surface area contributed by atoms with Crippen molar-refractivity contribution in [2.45, 2.75) is 24.9 Å². The van der Waals surface area contributed by atoms with E-state index in [4.69, 9.17) is 25.9 Å². The SMILES string of the molecule is CO.COC(=O)C(N)Cc1ccc([N+](=O)[O-])cc1.NC(Cc1ccc([N+](=O)[O-])cc1)C(=O)O.O=S(Cl)Cl. The van der Waals surface area contributed by atoms with Crippen LogP contribution in [0.1, 0.15) is 11.1 Å². The number of carbonyl (C=O) groups is 2. The fourth-order valence-electron chi connectivity index (χ4n) is 2.34. The maximum atomic E-state index is 11.0. The van der Waals surface area contributed by atoms with Crippen LogP contribution < -0.4 is 11.5 Å². The lowest BCUT2D eigenvalue weighted by Gasteiger charge is -2.08. The van der Waals surface area contributed by atoms with Crippen molar-refractivity contribution < 1.29 is 38.6 Å². The van der Waals surface area contributed by atoms with Gasteiger partial charge in [-0.15, -0.1) is 0 Å². The highest BCUT2D eigenvalue weighted by Crippen LogP contribution is 2.14. The maximum Gasteiger partial charge on any atom is 0.322 e. The van der Waals surface area contributed by atoms with Crippen molar-refractivity contribution in [2.24, 2.45) is 11.5 Å². The normalized spacial score (nSPS) is 11.1. The van der Waals surface area contributed by atoms with Crippen LogP contribution in [-0.4, -0.2) is 62.5 Å². The highest BCUT2D eigenvalue weighted by molar-refractivity contribution is 8.26. The van der Waals surface area contributed by atoms with Crippen molar-refractivity contribution in [3.63, 3.8) is 0 Å². The Balaban J connectivity index is 0. The summed E-state index contributed by atoms with van der Waals surface area (Å²) in [7, 11) is 9.62. The fraction of sp³-hybridized carbons (Fsp3) is 0.300. The summed E-state index contributed by atoms with van der Waals surface area (Å²) in [4.78, 5) is 41.2. The number of esters is 1. The number of nitro groups is 2. The van der Waals surface area contributed by atoms with Gasteiger partial charge >= 0.3 is 11.9 Å². The molecular formula is C20H26Cl2N4O10S. The minimum absolute atomic E-state index is 0.00962. The van der Waals surface area contributed by atoms with Crippen LogP contribution in [-0.2, 0) is 36.4 Å². The van der Waals surface area contributed by atoms with Gasteiger partial charge in [-0.2, -0.15) is 0 Å². The van der Waals surface area contributed by atoms with Crippen LogP contribution in [0.4, 0.5) is 11.4 Å². The van der Waals surface area contributed by atoms with E-state index in [2.05, 4.69) is 26.1 Å². The van der Waals surface area contributed by atoms with Crippen molar-refractivity contribution in [1.29, 1.82) is 0 Å². The first kappa shape index (κ1) is 35.9. The molecule has 6 N–H and O–H groups in total. The van der Waals surface area contributed by atoms with Crippen molar-refractivity contribution in [2.75, 3.05) is 14.2 Å². The molecule has 0 fully saturated rings. The molecule has 2 rings (SSSR count). The molecule has 14 nitrogen and oxygen atoms in total. The minimum Gasteiger partial charge on any atom is -0.480 e. The summed E-state index contributed by atoms with van der Waals surface area (Å²) in [6.07, 6.45) is 0.456. The molecule has 0 aliphatic heterocycles. The lowest BCUT2D eigenvalue weighted by Crippen LogP contribution is -2.33. The molecule has 2 aromatic carbocycles. The number of methoxy groups -OCH3 is 1. The molecule has 0 saturated heterocycles. The lowest BCUT2D eigenvalue weighted by molar-refractivity contribution is -0.385. The molecule has 0 radical (unpaired) electrons. The number of nitrogens with zero attached hydrogens (tertiary/aromatic N) is 2. The van der Waals surface area contributed by atoms with Gasteiger partial charge in [0.25, 0.3) is 11.4 Å². The standard InChI is InChI=1S/C10H12N2O4.C9H10N2O4.CH4O.Cl2OS/c1-16-10(13)9(11)6-7-2-4-8(5-3-7)12(14)15;10-8(9(12)13)5-6-1-3-7(4-2-6)11(14)15;1-2;1-4(2)3/h2-5,9H,6,11H2,1H3;1-4,8H,5,10H2,(H,12,13);2H,1H3;. The number of aliphatic carboxylic acids is 1. The Morgan fingerprint density at radius 2 is 1.19 bits per heavy atom. The first-order valence-corrected chi connectivity index (χ1v) is 12.6. The van der Waals surface area contributed by atoms with Crippen LogP contribution in [0, 0.1) is 20.2 Å². The smallest absolute Gasteiger partial charge is 0.322 e. The van der Waals surface area contributed by atoms with Gasteiger partial charge in [-0.25, -0.2) is 4.21 Å². The van der Waals surface area contributed by atoms with E-state index in [0.717, 1.165) is 12.7 Å². The third-order valence-corrected chi connectivity index (χ3v) is 4.03. The van der Waals surface area contributed by atoms with Crippen LogP contribution in [0.3, 0.4) is 0 Å². The first-order chi connectivity index (χ1) is 17.3. The molecule has 0 spiro atoms. The van der Waals surface area contributed by atoms with Gasteiger partial charge in [-0.3, -0.25) is 29.8 Å². The van der Waals surface area contributed by atoms with E-state index in [1.807, 2.05) is 0 Å². The summed E-state index contributed by atoms with van der Waals surface area (Å²) in [5, 5.41) is 36.3. The molecule has 0 amide bonds. The molecular weight excluding hydrogens is 559 g/mol. The number of rotatable bonds is 8. The van der Waals surface area contributed by atoms with E-state index in [-0.39, 0.29) is 17.8 Å². The van der Waals surface area contributed by atoms with Crippen molar-refractivity contribution in [3.05, 3.63) is 79.9 Å². The van der Waals surface area contributed by atoms with Crippen LogP contribution in [0.25, 0.3) is 0 Å². The number of hydrogen-bond acceptors (Lipinski definition) is 11. The van der Waals surface area contributed by atoms with Gasteiger partial charge < -0.3 is 26.4 Å². The molecule has 0 saturated carbocycles. The quantitative estimate of drug-likeness (QED) is 0.150. The zero-order chi connectivity index (χ0) is 29.1. The van der Waals surface area contributed by atoms with Gasteiger partial charge in [0.1, 0.15) is 12.1 Å². The predicted octanol–water partition coefficient (Wildman–Crippen LogP) is 1.84. The second-order valence-corrected chi connectivity index (χ2v) is 9.04. The predicted molar refractivity (Wildman–Crippen MR) is 137 cm³/mol. The molecule has 0 aliphatic carbocycles. The highest BCUT2D eigenvalue weighted by atomic mass is 36.0. The van der Waals surface area contributed by atoms with E-state index in [1.165, 1.54) is 43.5 Å². The Bertz CT molecular complexity index is 1020. The van der Waals surface area contributed by atoms with E-state index < -0.39 is 43.1 Å². The lowest BCUT2D eigenvalue weighted by atomic mass is 10.1. The third-order valence-electron chi connectivity index (χ3n) is 4.03. The van der Waals surface area contributed by atoms with Crippen LogP contribution in [0.2, 0.25) is 0 Å². The number of aliphatic hydroxyl groups excluding tert-OH is 1.